The van der Waals surface area contributed by atoms with Crippen LogP contribution >= 0.6 is 11.6 Å². The summed E-state index contributed by atoms with van der Waals surface area (Å²) in [4.78, 5) is 13.7. The largest absolute Gasteiger partial charge is 0.505 e. The number of fused-ring (bicyclic) bond motifs is 1. The maximum Gasteiger partial charge on any atom is 0.306 e. The highest BCUT2D eigenvalue weighted by Crippen LogP contribution is 2.36. The van der Waals surface area contributed by atoms with Gasteiger partial charge in [-0.3, -0.25) is 4.79 Å². The number of aromatic nitrogens is 3. The first-order valence-electron chi connectivity index (χ1n) is 12.2. The minimum absolute atomic E-state index is 0.133. The molecule has 1 heterocycles. The van der Waals surface area contributed by atoms with Crippen molar-refractivity contribution in [1.29, 1.82) is 0 Å². The number of carbonyl (C=O) groups excluding carboxylic acids is 1. The van der Waals surface area contributed by atoms with E-state index >= 15 is 0 Å². The van der Waals surface area contributed by atoms with Crippen LogP contribution in [0.25, 0.3) is 16.7 Å². The van der Waals surface area contributed by atoms with Crippen molar-refractivity contribution in [2.24, 2.45) is 0 Å². The third-order valence-electron chi connectivity index (χ3n) is 5.89. The summed E-state index contributed by atoms with van der Waals surface area (Å²) in [5.41, 5.74) is 3.21. The maximum absolute atomic E-state index is 12.3. The van der Waals surface area contributed by atoms with E-state index in [2.05, 4.69) is 17.1 Å². The fourth-order valence-corrected chi connectivity index (χ4v) is 4.09. The van der Waals surface area contributed by atoms with Crippen LogP contribution in [0.15, 0.2) is 30.3 Å². The number of esters is 1. The van der Waals surface area contributed by atoms with Gasteiger partial charge in [0.15, 0.2) is 0 Å². The van der Waals surface area contributed by atoms with Crippen LogP contribution in [-0.2, 0) is 21.4 Å². The summed E-state index contributed by atoms with van der Waals surface area (Å²) in [6.45, 7) is 8.80. The standard InChI is InChI=1S/C27H36ClN3O3/c1-5-6-7-8-9-10-15-34-25(32)14-11-19-16-21(27(2,3)4)26(33)24(17-19)31-29-22-13-12-20(28)18-23(22)30-31/h12-13,16-18,33H,5-11,14-15H2,1-4H3. The highest BCUT2D eigenvalue weighted by molar-refractivity contribution is 6.31. The van der Waals surface area contributed by atoms with Gasteiger partial charge in [0.25, 0.3) is 0 Å². The number of nitrogens with zero attached hydrogens (tertiary/aromatic N) is 3. The molecule has 184 valence electrons. The van der Waals surface area contributed by atoms with Crippen molar-refractivity contribution in [3.63, 3.8) is 0 Å². The van der Waals surface area contributed by atoms with Crippen LogP contribution in [0.2, 0.25) is 5.02 Å². The number of hydrogen-bond acceptors (Lipinski definition) is 5. The number of hydrogen-bond donors (Lipinski definition) is 1. The number of halogens is 1. The Morgan fingerprint density at radius 2 is 1.74 bits per heavy atom. The van der Waals surface area contributed by atoms with Crippen molar-refractivity contribution >= 4 is 28.6 Å². The zero-order valence-corrected chi connectivity index (χ0v) is 21.5. The van der Waals surface area contributed by atoms with E-state index in [0.717, 1.165) is 24.0 Å². The van der Waals surface area contributed by atoms with E-state index in [1.54, 1.807) is 18.2 Å². The summed E-state index contributed by atoms with van der Waals surface area (Å²) >= 11 is 6.09. The van der Waals surface area contributed by atoms with Crippen molar-refractivity contribution in [3.05, 3.63) is 46.5 Å². The van der Waals surface area contributed by atoms with Crippen LogP contribution in [0, 0.1) is 0 Å². The molecule has 0 aliphatic heterocycles. The predicted molar refractivity (Wildman–Crippen MR) is 137 cm³/mol. The zero-order chi connectivity index (χ0) is 24.7. The number of benzene rings is 2. The smallest absolute Gasteiger partial charge is 0.306 e. The van der Waals surface area contributed by atoms with Crippen molar-refractivity contribution in [3.8, 4) is 11.4 Å². The van der Waals surface area contributed by atoms with Crippen molar-refractivity contribution in [2.45, 2.75) is 84.5 Å². The van der Waals surface area contributed by atoms with Crippen molar-refractivity contribution in [1.82, 2.24) is 15.0 Å². The highest BCUT2D eigenvalue weighted by atomic mass is 35.5. The quantitative estimate of drug-likeness (QED) is 0.236. The average Bonchev–Trinajstić information content (AvgIpc) is 3.19. The van der Waals surface area contributed by atoms with Gasteiger partial charge >= 0.3 is 5.97 Å². The molecule has 2 aromatic carbocycles. The second-order valence-electron chi connectivity index (χ2n) is 9.87. The van der Waals surface area contributed by atoms with E-state index in [1.165, 1.54) is 30.5 Å². The lowest BCUT2D eigenvalue weighted by Crippen LogP contribution is -2.14. The first-order chi connectivity index (χ1) is 16.2. The minimum atomic E-state index is -0.303. The number of ether oxygens (including phenoxy) is 1. The molecule has 1 N–H and O–H groups in total. The molecule has 0 fully saturated rings. The molecule has 0 aliphatic carbocycles. The summed E-state index contributed by atoms with van der Waals surface area (Å²) in [6.07, 6.45) is 7.74. The van der Waals surface area contributed by atoms with Crippen molar-refractivity contribution in [2.75, 3.05) is 6.61 Å². The van der Waals surface area contributed by atoms with Gasteiger partial charge < -0.3 is 9.84 Å². The fraction of sp³-hybridized carbons (Fsp3) is 0.519. The topological polar surface area (TPSA) is 77.2 Å². The van der Waals surface area contributed by atoms with E-state index < -0.39 is 0 Å². The fourth-order valence-electron chi connectivity index (χ4n) is 3.93. The van der Waals surface area contributed by atoms with Crippen LogP contribution in [0.4, 0.5) is 0 Å². The molecule has 0 saturated carbocycles. The molecule has 0 spiro atoms. The van der Waals surface area contributed by atoms with Gasteiger partial charge in [0, 0.05) is 17.0 Å². The molecule has 34 heavy (non-hydrogen) atoms. The Hall–Kier alpha value is -2.60. The molecule has 0 amide bonds. The van der Waals surface area contributed by atoms with Gasteiger partial charge in [0.1, 0.15) is 22.5 Å². The molecule has 6 nitrogen and oxygen atoms in total. The molecule has 0 unspecified atom stereocenters. The summed E-state index contributed by atoms with van der Waals surface area (Å²) in [6, 6.07) is 9.10. The van der Waals surface area contributed by atoms with E-state index in [4.69, 9.17) is 16.3 Å². The van der Waals surface area contributed by atoms with E-state index in [-0.39, 0.29) is 23.6 Å². The first-order valence-corrected chi connectivity index (χ1v) is 12.6. The molecule has 7 heteroatoms. The number of aromatic hydroxyl groups is 1. The molecule has 0 bridgehead atoms. The van der Waals surface area contributed by atoms with Crippen LogP contribution in [0.1, 0.15) is 83.8 Å². The Kier molecular flexibility index (Phi) is 8.95. The summed E-state index contributed by atoms with van der Waals surface area (Å²) in [5, 5.41) is 20.7. The third kappa shape index (κ3) is 6.95. The van der Waals surface area contributed by atoms with Gasteiger partial charge in [0.2, 0.25) is 0 Å². The van der Waals surface area contributed by atoms with E-state index in [1.807, 2.05) is 32.9 Å². The lowest BCUT2D eigenvalue weighted by Gasteiger charge is -2.23. The minimum Gasteiger partial charge on any atom is -0.505 e. The number of rotatable bonds is 11. The average molecular weight is 486 g/mol. The van der Waals surface area contributed by atoms with Crippen LogP contribution in [-0.4, -0.2) is 32.7 Å². The van der Waals surface area contributed by atoms with Crippen LogP contribution in [0.5, 0.6) is 5.75 Å². The van der Waals surface area contributed by atoms with Crippen LogP contribution < -0.4 is 0 Å². The van der Waals surface area contributed by atoms with Gasteiger partial charge in [0.05, 0.1) is 6.61 Å². The van der Waals surface area contributed by atoms with Gasteiger partial charge in [-0.2, -0.15) is 0 Å². The van der Waals surface area contributed by atoms with E-state index in [0.29, 0.717) is 34.8 Å². The summed E-state index contributed by atoms with van der Waals surface area (Å²) < 4.78 is 5.43. The van der Waals surface area contributed by atoms with E-state index in [9.17, 15) is 9.90 Å². The highest BCUT2D eigenvalue weighted by Gasteiger charge is 2.23. The Labute approximate surface area is 207 Å². The summed E-state index contributed by atoms with van der Waals surface area (Å²) in [7, 11) is 0. The number of phenolic OH excluding ortho intramolecular Hbond substituents is 1. The van der Waals surface area contributed by atoms with Gasteiger partial charge in [-0.25, -0.2) is 0 Å². The predicted octanol–water partition coefficient (Wildman–Crippen LogP) is 6.91. The lowest BCUT2D eigenvalue weighted by atomic mass is 9.84. The number of aryl methyl sites for hydroxylation is 1. The Morgan fingerprint density at radius 3 is 2.47 bits per heavy atom. The molecular formula is C27H36ClN3O3. The third-order valence-corrected chi connectivity index (χ3v) is 6.13. The number of phenols is 1. The molecular weight excluding hydrogens is 450 g/mol. The second kappa shape index (κ2) is 11.7. The van der Waals surface area contributed by atoms with Crippen molar-refractivity contribution < 1.29 is 14.6 Å². The molecule has 1 aromatic heterocycles. The molecule has 0 atom stereocenters. The van der Waals surface area contributed by atoms with Gasteiger partial charge in [-0.1, -0.05) is 77.5 Å². The van der Waals surface area contributed by atoms with Gasteiger partial charge in [-0.05, 0) is 48.1 Å². The molecule has 3 aromatic rings. The SMILES string of the molecule is CCCCCCCCOC(=O)CCc1cc(-n2nc3ccc(Cl)cc3n2)c(O)c(C(C)(C)C)c1. The normalized spacial score (nSPS) is 11.8. The zero-order valence-electron chi connectivity index (χ0n) is 20.7. The monoisotopic (exact) mass is 485 g/mol. The van der Waals surface area contributed by atoms with Gasteiger partial charge in [-0.15, -0.1) is 15.0 Å². The summed E-state index contributed by atoms with van der Waals surface area (Å²) in [5.74, 6) is -0.0635. The molecule has 3 rings (SSSR count). The number of carbonyl (C=O) groups is 1. The Balaban J connectivity index is 1.72. The second-order valence-corrected chi connectivity index (χ2v) is 10.3. The molecule has 0 radical (unpaired) electrons. The molecule has 0 saturated heterocycles. The maximum atomic E-state index is 12.3. The first kappa shape index (κ1) is 26.0. The number of unbranched alkanes of at least 4 members (excludes halogenated alkanes) is 5. The Bertz CT molecular complexity index is 1120. The molecule has 0 aliphatic rings. The van der Waals surface area contributed by atoms with Crippen LogP contribution in [0.3, 0.4) is 0 Å². The lowest BCUT2D eigenvalue weighted by molar-refractivity contribution is -0.143. The Morgan fingerprint density at radius 1 is 1.03 bits per heavy atom.